The quantitative estimate of drug-likeness (QED) is 0.467. The number of rotatable bonds is 6. The highest BCUT2D eigenvalue weighted by molar-refractivity contribution is 6.02. The number of pyridine rings is 2. The molecule has 0 bridgehead atoms. The summed E-state index contributed by atoms with van der Waals surface area (Å²) in [5.41, 5.74) is 4.17. The molecule has 0 radical (unpaired) electrons. The lowest BCUT2D eigenvalue weighted by Crippen LogP contribution is -2.29. The van der Waals surface area contributed by atoms with Gasteiger partial charge in [0.05, 0.1) is 12.2 Å². The highest BCUT2D eigenvalue weighted by atomic mass is 19.1. The lowest BCUT2D eigenvalue weighted by molar-refractivity contribution is 0.0772. The first-order valence-corrected chi connectivity index (χ1v) is 10.0. The van der Waals surface area contributed by atoms with Crippen molar-refractivity contribution in [3.05, 3.63) is 90.4 Å². The summed E-state index contributed by atoms with van der Waals surface area (Å²) >= 11 is 0. The molecule has 3 aromatic heterocycles. The molecule has 7 heteroatoms. The summed E-state index contributed by atoms with van der Waals surface area (Å²) in [5, 5.41) is 4.73. The van der Waals surface area contributed by atoms with Crippen molar-refractivity contribution < 1.29 is 9.18 Å². The van der Waals surface area contributed by atoms with Gasteiger partial charge in [-0.1, -0.05) is 6.07 Å². The molecule has 1 aromatic carbocycles. The van der Waals surface area contributed by atoms with Gasteiger partial charge in [0.2, 0.25) is 0 Å². The van der Waals surface area contributed by atoms with Crippen molar-refractivity contribution in [1.82, 2.24) is 24.6 Å². The molecule has 0 unspecified atom stereocenters. The molecule has 3 heterocycles. The highest BCUT2D eigenvalue weighted by Gasteiger charge is 2.27. The molecule has 31 heavy (non-hydrogen) atoms. The van der Waals surface area contributed by atoms with E-state index in [0.717, 1.165) is 16.8 Å². The molecule has 0 spiro atoms. The Kier molecular flexibility index (Phi) is 5.84. The van der Waals surface area contributed by atoms with Gasteiger partial charge in [-0.2, -0.15) is 5.10 Å². The number of halogens is 1. The molecule has 6 nitrogen and oxygen atoms in total. The van der Waals surface area contributed by atoms with Gasteiger partial charge in [0.25, 0.3) is 5.91 Å². The van der Waals surface area contributed by atoms with Gasteiger partial charge >= 0.3 is 0 Å². The lowest BCUT2D eigenvalue weighted by atomic mass is 9.99. The predicted molar refractivity (Wildman–Crippen MR) is 117 cm³/mol. The molecule has 0 N–H and O–H groups in total. The first-order valence-electron chi connectivity index (χ1n) is 10.0. The zero-order valence-corrected chi connectivity index (χ0v) is 17.4. The van der Waals surface area contributed by atoms with E-state index in [1.54, 1.807) is 47.4 Å². The third-order valence-corrected chi connectivity index (χ3v) is 5.01. The zero-order chi connectivity index (χ0) is 21.8. The number of hydrogen-bond donors (Lipinski definition) is 0. The Morgan fingerprint density at radius 2 is 1.74 bits per heavy atom. The van der Waals surface area contributed by atoms with Crippen molar-refractivity contribution in [2.24, 2.45) is 0 Å². The molecule has 0 aliphatic rings. The van der Waals surface area contributed by atoms with E-state index < -0.39 is 0 Å². The van der Waals surface area contributed by atoms with E-state index in [2.05, 4.69) is 9.97 Å². The Hall–Kier alpha value is -3.87. The van der Waals surface area contributed by atoms with Crippen LogP contribution in [0.25, 0.3) is 22.4 Å². The first kappa shape index (κ1) is 20.4. The molecule has 0 saturated heterocycles. The van der Waals surface area contributed by atoms with E-state index in [9.17, 15) is 9.18 Å². The first-order chi connectivity index (χ1) is 15.1. The minimum Gasteiger partial charge on any atom is -0.334 e. The molecular weight excluding hydrogens is 393 g/mol. The van der Waals surface area contributed by atoms with Gasteiger partial charge in [-0.25, -0.2) is 4.39 Å². The summed E-state index contributed by atoms with van der Waals surface area (Å²) in [4.78, 5) is 23.6. The largest absolute Gasteiger partial charge is 0.334 e. The maximum absolute atomic E-state index is 13.6. The minimum absolute atomic E-state index is 0.167. The van der Waals surface area contributed by atoms with Crippen LogP contribution in [0.15, 0.2) is 73.2 Å². The van der Waals surface area contributed by atoms with Crippen LogP contribution in [0.4, 0.5) is 4.39 Å². The van der Waals surface area contributed by atoms with Crippen molar-refractivity contribution in [1.29, 1.82) is 0 Å². The maximum Gasteiger partial charge on any atom is 0.272 e. The summed E-state index contributed by atoms with van der Waals surface area (Å²) in [6, 6.07) is 15.5. The summed E-state index contributed by atoms with van der Waals surface area (Å²) < 4.78 is 15.2. The topological polar surface area (TPSA) is 63.9 Å². The molecule has 0 saturated carbocycles. The van der Waals surface area contributed by atoms with Crippen LogP contribution in [0.5, 0.6) is 0 Å². The van der Waals surface area contributed by atoms with Crippen molar-refractivity contribution in [3.63, 3.8) is 0 Å². The Bertz CT molecular complexity index is 1170. The molecule has 0 aliphatic heterocycles. The summed E-state index contributed by atoms with van der Waals surface area (Å²) in [7, 11) is 1.75. The van der Waals surface area contributed by atoms with Crippen molar-refractivity contribution in [2.75, 3.05) is 7.05 Å². The molecule has 4 rings (SSSR count). The molecule has 0 atom stereocenters. The van der Waals surface area contributed by atoms with E-state index in [0.29, 0.717) is 30.0 Å². The van der Waals surface area contributed by atoms with Gasteiger partial charge < -0.3 is 4.90 Å². The number of aromatic nitrogens is 4. The third-order valence-electron chi connectivity index (χ3n) is 5.01. The average Bonchev–Trinajstić information content (AvgIpc) is 3.20. The van der Waals surface area contributed by atoms with Gasteiger partial charge in [0.1, 0.15) is 17.2 Å². The lowest BCUT2D eigenvalue weighted by Gasteiger charge is -2.18. The van der Waals surface area contributed by atoms with Crippen LogP contribution in [-0.2, 0) is 13.1 Å². The average molecular weight is 415 g/mol. The summed E-state index contributed by atoms with van der Waals surface area (Å²) in [5.74, 6) is -0.490. The molecule has 1 amide bonds. The van der Waals surface area contributed by atoms with Gasteiger partial charge in [0, 0.05) is 43.3 Å². The number of aryl methyl sites for hydroxylation is 1. The van der Waals surface area contributed by atoms with Gasteiger partial charge in [-0.3, -0.25) is 19.4 Å². The van der Waals surface area contributed by atoms with Crippen LogP contribution < -0.4 is 0 Å². The van der Waals surface area contributed by atoms with E-state index in [4.69, 9.17) is 5.10 Å². The third kappa shape index (κ3) is 4.21. The van der Waals surface area contributed by atoms with Crippen molar-refractivity contribution in [3.8, 4) is 22.4 Å². The molecule has 0 fully saturated rings. The van der Waals surface area contributed by atoms with Crippen LogP contribution in [-0.4, -0.2) is 37.6 Å². The monoisotopic (exact) mass is 415 g/mol. The Balaban J connectivity index is 1.84. The summed E-state index contributed by atoms with van der Waals surface area (Å²) in [6.07, 6.45) is 5.07. The van der Waals surface area contributed by atoms with Crippen LogP contribution in [0, 0.1) is 5.82 Å². The standard InChI is InChI=1S/C24H22FN5O/c1-3-30-23(24(31)29(2)16-20-6-4-5-13-27-20)21(17-11-14-26-15-12-17)22(28-30)18-7-9-19(25)10-8-18/h4-15H,3,16H2,1-2H3. The predicted octanol–water partition coefficient (Wildman–Crippen LogP) is 4.44. The number of hydrogen-bond acceptors (Lipinski definition) is 4. The van der Waals surface area contributed by atoms with Crippen LogP contribution in [0.2, 0.25) is 0 Å². The Morgan fingerprint density at radius 1 is 1.00 bits per heavy atom. The van der Waals surface area contributed by atoms with E-state index in [1.807, 2.05) is 37.3 Å². The Morgan fingerprint density at radius 3 is 2.39 bits per heavy atom. The van der Waals surface area contributed by atoms with E-state index >= 15 is 0 Å². The fourth-order valence-electron chi connectivity index (χ4n) is 3.50. The summed E-state index contributed by atoms with van der Waals surface area (Å²) in [6.45, 7) is 2.82. The van der Waals surface area contributed by atoms with E-state index in [-0.39, 0.29) is 11.7 Å². The van der Waals surface area contributed by atoms with Crippen LogP contribution in [0.1, 0.15) is 23.1 Å². The fraction of sp³-hybridized carbons (Fsp3) is 0.167. The van der Waals surface area contributed by atoms with Gasteiger partial charge in [0.15, 0.2) is 0 Å². The molecule has 0 aliphatic carbocycles. The fourth-order valence-corrected chi connectivity index (χ4v) is 3.50. The number of nitrogens with zero attached hydrogens (tertiary/aromatic N) is 5. The highest BCUT2D eigenvalue weighted by Crippen LogP contribution is 2.35. The maximum atomic E-state index is 13.6. The Labute approximate surface area is 180 Å². The van der Waals surface area contributed by atoms with Crippen molar-refractivity contribution >= 4 is 5.91 Å². The zero-order valence-electron chi connectivity index (χ0n) is 17.4. The molecular formula is C24H22FN5O. The van der Waals surface area contributed by atoms with Crippen LogP contribution >= 0.6 is 0 Å². The number of carbonyl (C=O) groups is 1. The normalized spacial score (nSPS) is 10.8. The smallest absolute Gasteiger partial charge is 0.272 e. The van der Waals surface area contributed by atoms with Gasteiger partial charge in [-0.05, 0) is 61.0 Å². The molecule has 4 aromatic rings. The SMILES string of the molecule is CCn1nc(-c2ccc(F)cc2)c(-c2ccncc2)c1C(=O)N(C)Cc1ccccn1. The second-order valence-electron chi connectivity index (χ2n) is 7.11. The van der Waals surface area contributed by atoms with Gasteiger partial charge in [-0.15, -0.1) is 0 Å². The minimum atomic E-state index is -0.324. The van der Waals surface area contributed by atoms with Crippen molar-refractivity contribution in [2.45, 2.75) is 20.0 Å². The number of carbonyl (C=O) groups excluding carboxylic acids is 1. The van der Waals surface area contributed by atoms with E-state index in [1.165, 1.54) is 12.1 Å². The second-order valence-corrected chi connectivity index (χ2v) is 7.11. The van der Waals surface area contributed by atoms with Crippen LogP contribution in [0.3, 0.4) is 0 Å². The second kappa shape index (κ2) is 8.87. The number of benzene rings is 1. The molecule has 156 valence electrons. The number of amides is 1.